The van der Waals surface area contributed by atoms with E-state index < -0.39 is 32.6 Å². The zero-order valence-corrected chi connectivity index (χ0v) is 15.3. The third kappa shape index (κ3) is 4.43. The summed E-state index contributed by atoms with van der Waals surface area (Å²) in [5.41, 5.74) is -0.256. The van der Waals surface area contributed by atoms with Crippen molar-refractivity contribution in [1.29, 1.82) is 0 Å². The van der Waals surface area contributed by atoms with E-state index in [0.717, 1.165) is 19.2 Å². The molecule has 8 nitrogen and oxygen atoms in total. The van der Waals surface area contributed by atoms with Gasteiger partial charge in [0.15, 0.2) is 0 Å². The highest BCUT2D eigenvalue weighted by molar-refractivity contribution is 7.89. The summed E-state index contributed by atoms with van der Waals surface area (Å²) in [5.74, 6) is -1.07. The third-order valence-corrected chi connectivity index (χ3v) is 5.56. The van der Waals surface area contributed by atoms with E-state index in [-0.39, 0.29) is 21.4 Å². The number of hydrogen-bond donors (Lipinski definition) is 1. The van der Waals surface area contributed by atoms with Crippen LogP contribution < -0.4 is 4.72 Å². The van der Waals surface area contributed by atoms with Crippen molar-refractivity contribution in [2.24, 2.45) is 5.92 Å². The molecule has 2 atom stereocenters. The molecule has 0 fully saturated rings. The average molecular weight is 379 g/mol. The summed E-state index contributed by atoms with van der Waals surface area (Å²) >= 11 is 5.90. The van der Waals surface area contributed by atoms with Gasteiger partial charge in [0.25, 0.3) is 5.69 Å². The second kappa shape index (κ2) is 7.91. The van der Waals surface area contributed by atoms with Crippen molar-refractivity contribution in [3.8, 4) is 0 Å². The molecule has 1 rings (SSSR count). The van der Waals surface area contributed by atoms with Gasteiger partial charge in [0.1, 0.15) is 6.04 Å². The van der Waals surface area contributed by atoms with Gasteiger partial charge in [0.2, 0.25) is 10.0 Å². The Bertz CT molecular complexity index is 750. The molecule has 0 amide bonds. The fourth-order valence-corrected chi connectivity index (χ4v) is 3.60. The minimum absolute atomic E-state index is 0.0530. The van der Waals surface area contributed by atoms with Crippen molar-refractivity contribution >= 4 is 33.3 Å². The van der Waals surface area contributed by atoms with Crippen LogP contribution in [0, 0.1) is 23.0 Å². The molecule has 0 aromatic heterocycles. The summed E-state index contributed by atoms with van der Waals surface area (Å²) in [6.45, 7) is 4.90. The minimum atomic E-state index is -4.20. The van der Waals surface area contributed by atoms with E-state index in [1.54, 1.807) is 13.8 Å². The van der Waals surface area contributed by atoms with Gasteiger partial charge < -0.3 is 4.74 Å². The average Bonchev–Trinajstić information content (AvgIpc) is 2.53. The molecule has 0 saturated carbocycles. The summed E-state index contributed by atoms with van der Waals surface area (Å²) in [4.78, 5) is 21.8. The first-order chi connectivity index (χ1) is 11.0. The number of nitro benzene ring substituents is 1. The van der Waals surface area contributed by atoms with Gasteiger partial charge >= 0.3 is 5.97 Å². The van der Waals surface area contributed by atoms with E-state index in [9.17, 15) is 23.3 Å². The van der Waals surface area contributed by atoms with Crippen LogP contribution in [0.15, 0.2) is 17.0 Å². The molecule has 1 N–H and O–H groups in total. The fourth-order valence-electron chi connectivity index (χ4n) is 1.98. The number of carbonyl (C=O) groups is 1. The molecule has 134 valence electrons. The summed E-state index contributed by atoms with van der Waals surface area (Å²) < 4.78 is 31.9. The van der Waals surface area contributed by atoms with Gasteiger partial charge in [-0.25, -0.2) is 8.42 Å². The van der Waals surface area contributed by atoms with Crippen molar-refractivity contribution < 1.29 is 22.9 Å². The topological polar surface area (TPSA) is 116 Å². The Hall–Kier alpha value is -1.71. The highest BCUT2D eigenvalue weighted by Crippen LogP contribution is 2.29. The number of carbonyl (C=O) groups excluding carboxylic acids is 1. The molecule has 0 radical (unpaired) electrons. The summed E-state index contributed by atoms with van der Waals surface area (Å²) in [7, 11) is -3.05. The van der Waals surface area contributed by atoms with E-state index in [4.69, 9.17) is 11.6 Å². The van der Waals surface area contributed by atoms with Crippen LogP contribution in [0.3, 0.4) is 0 Å². The predicted molar refractivity (Wildman–Crippen MR) is 88.4 cm³/mol. The van der Waals surface area contributed by atoms with E-state index >= 15 is 0 Å². The number of benzene rings is 1. The third-order valence-electron chi connectivity index (χ3n) is 3.75. The predicted octanol–water partition coefficient (Wildman–Crippen LogP) is 2.42. The number of nitrogens with one attached hydrogen (secondary N) is 1. The van der Waals surface area contributed by atoms with Crippen LogP contribution in [0.25, 0.3) is 0 Å². The lowest BCUT2D eigenvalue weighted by molar-refractivity contribution is -0.385. The zero-order chi connectivity index (χ0) is 18.7. The first kappa shape index (κ1) is 20.3. The van der Waals surface area contributed by atoms with Crippen LogP contribution in [-0.4, -0.2) is 32.5 Å². The second-order valence-corrected chi connectivity index (χ2v) is 7.44. The van der Waals surface area contributed by atoms with Crippen LogP contribution in [0.4, 0.5) is 5.69 Å². The van der Waals surface area contributed by atoms with Gasteiger partial charge in [-0.2, -0.15) is 4.72 Å². The number of rotatable bonds is 7. The normalized spacial score (nSPS) is 14.0. The molecule has 0 spiro atoms. The molecular formula is C14H19ClN2O6S. The monoisotopic (exact) mass is 378 g/mol. The highest BCUT2D eigenvalue weighted by atomic mass is 35.5. The molecule has 0 saturated heterocycles. The molecular weight excluding hydrogens is 360 g/mol. The molecule has 0 aliphatic rings. The maximum Gasteiger partial charge on any atom is 0.324 e. The maximum atomic E-state index is 12.5. The Labute approximate surface area is 145 Å². The van der Waals surface area contributed by atoms with Crippen molar-refractivity contribution in [1.82, 2.24) is 4.72 Å². The molecule has 0 unspecified atom stereocenters. The number of hydrogen-bond acceptors (Lipinski definition) is 6. The first-order valence-corrected chi connectivity index (χ1v) is 8.96. The van der Waals surface area contributed by atoms with Gasteiger partial charge in [0, 0.05) is 11.6 Å². The SMILES string of the molecule is CC[C@@H](C)[C@H](NS(=O)(=O)c1cc(Cl)c(C)c([N+](=O)[O-])c1)C(=O)OC. The number of ether oxygens (including phenoxy) is 1. The van der Waals surface area contributed by atoms with E-state index in [2.05, 4.69) is 9.46 Å². The van der Waals surface area contributed by atoms with Gasteiger partial charge in [0.05, 0.1) is 22.0 Å². The van der Waals surface area contributed by atoms with Crippen molar-refractivity contribution in [2.75, 3.05) is 7.11 Å². The number of esters is 1. The smallest absolute Gasteiger partial charge is 0.324 e. The van der Waals surface area contributed by atoms with Gasteiger partial charge in [-0.05, 0) is 18.9 Å². The number of nitrogens with zero attached hydrogens (tertiary/aromatic N) is 1. The van der Waals surface area contributed by atoms with Crippen molar-refractivity contribution in [3.05, 3.63) is 32.8 Å². The zero-order valence-electron chi connectivity index (χ0n) is 13.7. The van der Waals surface area contributed by atoms with Crippen LogP contribution in [0.2, 0.25) is 5.02 Å². The lowest BCUT2D eigenvalue weighted by atomic mass is 10.0. The Morgan fingerprint density at radius 2 is 2.04 bits per heavy atom. The summed E-state index contributed by atoms with van der Waals surface area (Å²) in [6, 6.07) is 0.912. The van der Waals surface area contributed by atoms with Crippen molar-refractivity contribution in [2.45, 2.75) is 38.1 Å². The second-order valence-electron chi connectivity index (χ2n) is 5.31. The number of nitro groups is 1. The lowest BCUT2D eigenvalue weighted by Crippen LogP contribution is -2.45. The quantitative estimate of drug-likeness (QED) is 0.442. The lowest BCUT2D eigenvalue weighted by Gasteiger charge is -2.21. The number of halogens is 1. The molecule has 0 aliphatic carbocycles. The molecule has 1 aromatic carbocycles. The van der Waals surface area contributed by atoms with Crippen molar-refractivity contribution in [3.63, 3.8) is 0 Å². The van der Waals surface area contributed by atoms with Gasteiger partial charge in [-0.3, -0.25) is 14.9 Å². The molecule has 0 bridgehead atoms. The largest absolute Gasteiger partial charge is 0.468 e. The molecule has 1 aromatic rings. The van der Waals surface area contributed by atoms with Gasteiger partial charge in [-0.1, -0.05) is 31.9 Å². The Kier molecular flexibility index (Phi) is 6.70. The van der Waals surface area contributed by atoms with E-state index in [0.29, 0.717) is 6.42 Å². The molecule has 0 heterocycles. The summed E-state index contributed by atoms with van der Waals surface area (Å²) in [5, 5.41) is 11.0. The van der Waals surface area contributed by atoms with Gasteiger partial charge in [-0.15, -0.1) is 0 Å². The fraction of sp³-hybridized carbons (Fsp3) is 0.500. The highest BCUT2D eigenvalue weighted by Gasteiger charge is 2.31. The van der Waals surface area contributed by atoms with Crippen LogP contribution in [-0.2, 0) is 19.6 Å². The van der Waals surface area contributed by atoms with Crippen LogP contribution in [0.5, 0.6) is 0 Å². The Morgan fingerprint density at radius 1 is 1.46 bits per heavy atom. The first-order valence-electron chi connectivity index (χ1n) is 7.09. The number of methoxy groups -OCH3 is 1. The van der Waals surface area contributed by atoms with E-state index in [1.807, 2.05) is 0 Å². The molecule has 24 heavy (non-hydrogen) atoms. The standard InChI is InChI=1S/C14H19ClN2O6S/c1-5-8(2)13(14(18)23-4)16-24(21,22)10-6-11(15)9(3)12(7-10)17(19)20/h6-8,13,16H,5H2,1-4H3/t8-,13+/m1/s1. The molecule has 10 heteroatoms. The van der Waals surface area contributed by atoms with Crippen LogP contribution in [0.1, 0.15) is 25.8 Å². The Morgan fingerprint density at radius 3 is 2.50 bits per heavy atom. The minimum Gasteiger partial charge on any atom is -0.468 e. The van der Waals surface area contributed by atoms with Crippen LogP contribution >= 0.6 is 11.6 Å². The maximum absolute atomic E-state index is 12.5. The molecule has 0 aliphatic heterocycles. The van der Waals surface area contributed by atoms with E-state index in [1.165, 1.54) is 6.92 Å². The summed E-state index contributed by atoms with van der Waals surface area (Å²) in [6.07, 6.45) is 0.525. The Balaban J connectivity index is 3.34. The number of sulfonamides is 1.